The number of benzene rings is 1. The summed E-state index contributed by atoms with van der Waals surface area (Å²) in [5.74, 6) is 0.749. The average molecular weight is 405 g/mol. The molecule has 3 heterocycles. The molecule has 1 aromatic carbocycles. The number of thiophene rings is 1. The van der Waals surface area contributed by atoms with Crippen molar-refractivity contribution >= 4 is 46.0 Å². The average Bonchev–Trinajstić information content (AvgIpc) is 3.36. The molecule has 0 saturated carbocycles. The number of nitrogens with zero attached hydrogens (tertiary/aromatic N) is 4. The molecule has 0 radical (unpaired) electrons. The Morgan fingerprint density at radius 3 is 2.96 bits per heavy atom. The van der Waals surface area contributed by atoms with Crippen LogP contribution in [0.1, 0.15) is 11.3 Å². The SMILES string of the molecule is Cc1ccc(-n2cnnc2SCc2csc(-c3ccsc3)n2)cc1Cl. The molecule has 0 N–H and O–H groups in total. The summed E-state index contributed by atoms with van der Waals surface area (Å²) in [4.78, 5) is 4.71. The van der Waals surface area contributed by atoms with Gasteiger partial charge in [-0.3, -0.25) is 4.57 Å². The summed E-state index contributed by atoms with van der Waals surface area (Å²) in [6.07, 6.45) is 1.71. The van der Waals surface area contributed by atoms with E-state index in [9.17, 15) is 0 Å². The Bertz CT molecular complexity index is 991. The van der Waals surface area contributed by atoms with Crippen molar-refractivity contribution in [2.45, 2.75) is 17.8 Å². The van der Waals surface area contributed by atoms with Gasteiger partial charge in [0.15, 0.2) is 5.16 Å². The predicted octanol–water partition coefficient (Wildman–Crippen LogP) is 5.71. The van der Waals surface area contributed by atoms with Gasteiger partial charge < -0.3 is 0 Å². The van der Waals surface area contributed by atoms with Crippen LogP contribution >= 0.6 is 46.0 Å². The van der Waals surface area contributed by atoms with Gasteiger partial charge in [0.25, 0.3) is 0 Å². The van der Waals surface area contributed by atoms with E-state index < -0.39 is 0 Å². The first-order chi connectivity index (χ1) is 12.2. The van der Waals surface area contributed by atoms with E-state index >= 15 is 0 Å². The molecule has 126 valence electrons. The van der Waals surface area contributed by atoms with E-state index in [1.54, 1.807) is 40.8 Å². The van der Waals surface area contributed by atoms with E-state index in [0.717, 1.165) is 37.9 Å². The van der Waals surface area contributed by atoms with Gasteiger partial charge in [-0.05, 0) is 36.1 Å². The fraction of sp³-hybridized carbons (Fsp3) is 0.118. The summed E-state index contributed by atoms with van der Waals surface area (Å²) in [5, 5.41) is 17.2. The monoisotopic (exact) mass is 404 g/mol. The number of thioether (sulfide) groups is 1. The van der Waals surface area contributed by atoms with Crippen LogP contribution in [0.3, 0.4) is 0 Å². The lowest BCUT2D eigenvalue weighted by atomic mass is 10.2. The van der Waals surface area contributed by atoms with Crippen molar-refractivity contribution in [3.63, 3.8) is 0 Å². The van der Waals surface area contributed by atoms with Gasteiger partial charge in [0, 0.05) is 27.1 Å². The standard InChI is InChI=1S/C17H13ClN4S3/c1-11-2-3-14(6-15(11)18)22-10-19-21-17(22)25-9-13-8-24-16(20-13)12-4-5-23-7-12/h2-8,10H,9H2,1H3. The summed E-state index contributed by atoms with van der Waals surface area (Å²) in [6.45, 7) is 1.99. The van der Waals surface area contributed by atoms with Gasteiger partial charge in [-0.1, -0.05) is 29.4 Å². The lowest BCUT2D eigenvalue weighted by molar-refractivity contribution is 0.883. The molecule has 3 aromatic heterocycles. The minimum Gasteiger partial charge on any atom is -0.277 e. The van der Waals surface area contributed by atoms with E-state index in [0.29, 0.717) is 0 Å². The Labute approximate surface area is 162 Å². The minimum atomic E-state index is 0.738. The van der Waals surface area contributed by atoms with Crippen molar-refractivity contribution in [2.24, 2.45) is 0 Å². The number of hydrogen-bond acceptors (Lipinski definition) is 6. The largest absolute Gasteiger partial charge is 0.277 e. The molecule has 0 aliphatic carbocycles. The number of rotatable bonds is 5. The Morgan fingerprint density at radius 2 is 2.16 bits per heavy atom. The fourth-order valence-electron chi connectivity index (χ4n) is 2.26. The topological polar surface area (TPSA) is 43.6 Å². The van der Waals surface area contributed by atoms with Gasteiger partial charge >= 0.3 is 0 Å². The van der Waals surface area contributed by atoms with Crippen LogP contribution in [-0.2, 0) is 5.75 Å². The summed E-state index contributed by atoms with van der Waals surface area (Å²) >= 11 is 11.2. The van der Waals surface area contributed by atoms with Crippen LogP contribution in [0.4, 0.5) is 0 Å². The van der Waals surface area contributed by atoms with E-state index in [2.05, 4.69) is 32.4 Å². The number of aromatic nitrogens is 4. The molecule has 0 atom stereocenters. The number of hydrogen-bond donors (Lipinski definition) is 0. The molecule has 8 heteroatoms. The number of thiazole rings is 1. The Morgan fingerprint density at radius 1 is 1.24 bits per heavy atom. The molecule has 4 nitrogen and oxygen atoms in total. The summed E-state index contributed by atoms with van der Waals surface area (Å²) < 4.78 is 1.95. The van der Waals surface area contributed by atoms with E-state index in [-0.39, 0.29) is 0 Å². The molecule has 4 rings (SSSR count). The lowest BCUT2D eigenvalue weighted by Crippen LogP contribution is -1.96. The third-order valence-corrected chi connectivity index (χ3v) is 6.63. The molecule has 0 saturated heterocycles. The second kappa shape index (κ2) is 7.29. The van der Waals surface area contributed by atoms with Crippen molar-refractivity contribution in [1.82, 2.24) is 19.7 Å². The number of aryl methyl sites for hydroxylation is 1. The third kappa shape index (κ3) is 3.64. The maximum atomic E-state index is 6.24. The first-order valence-electron chi connectivity index (χ1n) is 7.47. The minimum absolute atomic E-state index is 0.738. The van der Waals surface area contributed by atoms with Crippen molar-refractivity contribution in [1.29, 1.82) is 0 Å². The van der Waals surface area contributed by atoms with Crippen LogP contribution in [0, 0.1) is 6.92 Å². The summed E-state index contributed by atoms with van der Waals surface area (Å²) in [6, 6.07) is 8.05. The van der Waals surface area contributed by atoms with Crippen LogP contribution in [0.15, 0.2) is 51.9 Å². The third-order valence-electron chi connectivity index (χ3n) is 3.62. The van der Waals surface area contributed by atoms with Crippen molar-refractivity contribution in [2.75, 3.05) is 0 Å². The molecular weight excluding hydrogens is 392 g/mol. The molecule has 0 fully saturated rings. The molecule has 0 aliphatic heterocycles. The maximum absolute atomic E-state index is 6.24. The Balaban J connectivity index is 1.51. The van der Waals surface area contributed by atoms with E-state index in [1.807, 2.05) is 29.7 Å². The molecule has 0 aliphatic rings. The molecule has 4 aromatic rings. The molecule has 0 bridgehead atoms. The fourth-order valence-corrected chi connectivity index (χ4v) is 4.90. The van der Waals surface area contributed by atoms with Crippen LogP contribution in [0.25, 0.3) is 16.3 Å². The zero-order valence-corrected chi connectivity index (χ0v) is 16.4. The summed E-state index contributed by atoms with van der Waals surface area (Å²) in [5.41, 5.74) is 4.24. The van der Waals surface area contributed by atoms with Crippen molar-refractivity contribution < 1.29 is 0 Å². The first-order valence-corrected chi connectivity index (χ1v) is 10.7. The number of halogens is 1. The highest BCUT2D eigenvalue weighted by atomic mass is 35.5. The van der Waals surface area contributed by atoms with Gasteiger partial charge in [0.1, 0.15) is 11.3 Å². The molecule has 0 amide bonds. The zero-order valence-electron chi connectivity index (χ0n) is 13.2. The molecule has 0 spiro atoms. The van der Waals surface area contributed by atoms with Crippen molar-refractivity contribution in [3.8, 4) is 16.3 Å². The lowest BCUT2D eigenvalue weighted by Gasteiger charge is -2.07. The van der Waals surface area contributed by atoms with Crippen LogP contribution in [0.5, 0.6) is 0 Å². The second-order valence-corrected chi connectivity index (χ2v) is 8.35. The Hall–Kier alpha value is -1.67. The quantitative estimate of drug-likeness (QED) is 0.400. The molecule has 0 unspecified atom stereocenters. The van der Waals surface area contributed by atoms with Gasteiger partial charge in [-0.25, -0.2) is 4.98 Å². The van der Waals surface area contributed by atoms with Gasteiger partial charge in [0.05, 0.1) is 11.4 Å². The first kappa shape index (κ1) is 16.8. The highest BCUT2D eigenvalue weighted by molar-refractivity contribution is 7.98. The summed E-state index contributed by atoms with van der Waals surface area (Å²) in [7, 11) is 0. The maximum Gasteiger partial charge on any atom is 0.195 e. The van der Waals surface area contributed by atoms with E-state index in [4.69, 9.17) is 16.6 Å². The Kier molecular flexibility index (Phi) is 4.89. The van der Waals surface area contributed by atoms with Crippen LogP contribution < -0.4 is 0 Å². The van der Waals surface area contributed by atoms with E-state index in [1.165, 1.54) is 5.56 Å². The predicted molar refractivity (Wildman–Crippen MR) is 106 cm³/mol. The smallest absolute Gasteiger partial charge is 0.195 e. The molecular formula is C17H13ClN4S3. The van der Waals surface area contributed by atoms with Crippen LogP contribution in [0.2, 0.25) is 5.02 Å². The van der Waals surface area contributed by atoms with Gasteiger partial charge in [-0.15, -0.1) is 21.5 Å². The van der Waals surface area contributed by atoms with Gasteiger partial charge in [-0.2, -0.15) is 11.3 Å². The normalized spacial score (nSPS) is 11.1. The molecule has 25 heavy (non-hydrogen) atoms. The zero-order chi connectivity index (χ0) is 17.2. The van der Waals surface area contributed by atoms with Crippen LogP contribution in [-0.4, -0.2) is 19.7 Å². The van der Waals surface area contributed by atoms with Gasteiger partial charge in [0.2, 0.25) is 0 Å². The highest BCUT2D eigenvalue weighted by Crippen LogP contribution is 2.29. The van der Waals surface area contributed by atoms with Crippen molar-refractivity contribution in [3.05, 3.63) is 63.0 Å². The highest BCUT2D eigenvalue weighted by Gasteiger charge is 2.11. The second-order valence-electron chi connectivity index (χ2n) is 5.36.